The van der Waals surface area contributed by atoms with Gasteiger partial charge in [0.1, 0.15) is 5.75 Å². The summed E-state index contributed by atoms with van der Waals surface area (Å²) in [6.45, 7) is 0.854. The standard InChI is InChI=1S/C19H24N2O5S/c1-21(14-16-6-4-3-5-7-16)19(22)15-26-17-8-10-18(11-9-17)27(23,24)20-12-13-25-2/h3-11,20H,12-15H2,1-2H3. The van der Waals surface area contributed by atoms with Crippen LogP contribution in [-0.4, -0.2) is 53.1 Å². The van der Waals surface area contributed by atoms with Crippen LogP contribution in [0.5, 0.6) is 5.75 Å². The number of benzene rings is 2. The Morgan fingerprint density at radius 3 is 2.37 bits per heavy atom. The summed E-state index contributed by atoms with van der Waals surface area (Å²) < 4.78 is 36.9. The maximum absolute atomic E-state index is 12.2. The highest BCUT2D eigenvalue weighted by Crippen LogP contribution is 2.16. The van der Waals surface area contributed by atoms with Crippen molar-refractivity contribution in [2.24, 2.45) is 0 Å². The summed E-state index contributed by atoms with van der Waals surface area (Å²) >= 11 is 0. The van der Waals surface area contributed by atoms with Crippen molar-refractivity contribution in [1.82, 2.24) is 9.62 Å². The lowest BCUT2D eigenvalue weighted by atomic mass is 10.2. The molecule has 8 heteroatoms. The summed E-state index contributed by atoms with van der Waals surface area (Å²) in [6, 6.07) is 15.6. The predicted octanol–water partition coefficient (Wildman–Crippen LogP) is 1.65. The lowest BCUT2D eigenvalue weighted by molar-refractivity contribution is -0.132. The molecule has 0 bridgehead atoms. The number of carbonyl (C=O) groups is 1. The first-order chi connectivity index (χ1) is 12.9. The van der Waals surface area contributed by atoms with Crippen molar-refractivity contribution in [2.75, 3.05) is 33.9 Å². The van der Waals surface area contributed by atoms with Crippen molar-refractivity contribution in [2.45, 2.75) is 11.4 Å². The van der Waals surface area contributed by atoms with Crippen LogP contribution in [0.15, 0.2) is 59.5 Å². The van der Waals surface area contributed by atoms with Gasteiger partial charge in [0.15, 0.2) is 6.61 Å². The molecule has 1 amide bonds. The van der Waals surface area contributed by atoms with Gasteiger partial charge in [-0.2, -0.15) is 0 Å². The minimum absolute atomic E-state index is 0.123. The minimum Gasteiger partial charge on any atom is -0.484 e. The third-order valence-electron chi connectivity index (χ3n) is 3.78. The van der Waals surface area contributed by atoms with Crippen LogP contribution in [0.25, 0.3) is 0 Å². The smallest absolute Gasteiger partial charge is 0.260 e. The van der Waals surface area contributed by atoms with Crippen LogP contribution in [0.3, 0.4) is 0 Å². The second-order valence-corrected chi connectivity index (χ2v) is 7.65. The highest BCUT2D eigenvalue weighted by atomic mass is 32.2. The molecule has 0 atom stereocenters. The largest absolute Gasteiger partial charge is 0.484 e. The quantitative estimate of drug-likeness (QED) is 0.622. The molecular weight excluding hydrogens is 368 g/mol. The number of ether oxygens (including phenoxy) is 2. The van der Waals surface area contributed by atoms with E-state index in [2.05, 4.69) is 4.72 Å². The third-order valence-corrected chi connectivity index (χ3v) is 5.26. The van der Waals surface area contributed by atoms with Gasteiger partial charge in [-0.3, -0.25) is 4.79 Å². The van der Waals surface area contributed by atoms with E-state index in [0.717, 1.165) is 5.56 Å². The lowest BCUT2D eigenvalue weighted by Gasteiger charge is -2.17. The molecule has 146 valence electrons. The van der Waals surface area contributed by atoms with Gasteiger partial charge in [-0.25, -0.2) is 13.1 Å². The zero-order chi connectivity index (χ0) is 19.7. The number of nitrogens with zero attached hydrogens (tertiary/aromatic N) is 1. The van der Waals surface area contributed by atoms with E-state index in [4.69, 9.17) is 9.47 Å². The number of hydrogen-bond acceptors (Lipinski definition) is 5. The molecule has 0 aromatic heterocycles. The lowest BCUT2D eigenvalue weighted by Crippen LogP contribution is -2.31. The van der Waals surface area contributed by atoms with E-state index in [9.17, 15) is 13.2 Å². The van der Waals surface area contributed by atoms with Gasteiger partial charge in [-0.05, 0) is 29.8 Å². The molecule has 7 nitrogen and oxygen atoms in total. The zero-order valence-electron chi connectivity index (χ0n) is 15.4. The highest BCUT2D eigenvalue weighted by Gasteiger charge is 2.14. The molecule has 0 fully saturated rings. The summed E-state index contributed by atoms with van der Waals surface area (Å²) in [5.74, 6) is 0.254. The van der Waals surface area contributed by atoms with Gasteiger partial charge in [0.05, 0.1) is 11.5 Å². The van der Waals surface area contributed by atoms with Crippen LogP contribution in [0.4, 0.5) is 0 Å². The molecule has 2 aromatic carbocycles. The molecule has 2 aromatic rings. The number of rotatable bonds is 10. The molecular formula is C19H24N2O5S. The SMILES string of the molecule is COCCNS(=O)(=O)c1ccc(OCC(=O)N(C)Cc2ccccc2)cc1. The molecule has 27 heavy (non-hydrogen) atoms. The fourth-order valence-corrected chi connectivity index (χ4v) is 3.29. The summed E-state index contributed by atoms with van der Waals surface area (Å²) in [5, 5.41) is 0. The first kappa shape index (κ1) is 20.9. The fraction of sp³-hybridized carbons (Fsp3) is 0.316. The fourth-order valence-electron chi connectivity index (χ4n) is 2.28. The Hall–Kier alpha value is -2.42. The topological polar surface area (TPSA) is 84.9 Å². The Bertz CT molecular complexity index is 823. The van der Waals surface area contributed by atoms with Gasteiger partial charge in [0, 0.05) is 27.2 Å². The molecule has 0 saturated carbocycles. The maximum Gasteiger partial charge on any atom is 0.260 e. The van der Waals surface area contributed by atoms with Gasteiger partial charge in [-0.15, -0.1) is 0 Å². The number of likely N-dealkylation sites (N-methyl/N-ethyl adjacent to an activating group) is 1. The van der Waals surface area contributed by atoms with E-state index < -0.39 is 10.0 Å². The molecule has 0 saturated heterocycles. The summed E-state index contributed by atoms with van der Waals surface area (Å²) in [5.41, 5.74) is 1.03. The second-order valence-electron chi connectivity index (χ2n) is 5.89. The molecule has 0 unspecified atom stereocenters. The Morgan fingerprint density at radius 2 is 1.74 bits per heavy atom. The third kappa shape index (κ3) is 6.67. The number of carbonyl (C=O) groups excluding carboxylic acids is 1. The van der Waals surface area contributed by atoms with E-state index in [0.29, 0.717) is 18.9 Å². The Balaban J connectivity index is 1.86. The average Bonchev–Trinajstić information content (AvgIpc) is 2.67. The number of nitrogens with one attached hydrogen (secondary N) is 1. The van der Waals surface area contributed by atoms with Crippen molar-refractivity contribution < 1.29 is 22.7 Å². The van der Waals surface area contributed by atoms with E-state index in [1.807, 2.05) is 30.3 Å². The maximum atomic E-state index is 12.2. The van der Waals surface area contributed by atoms with Crippen molar-refractivity contribution in [3.63, 3.8) is 0 Å². The first-order valence-electron chi connectivity index (χ1n) is 8.42. The molecule has 0 radical (unpaired) electrons. The Kier molecular flexibility index (Phi) is 7.78. The summed E-state index contributed by atoms with van der Waals surface area (Å²) in [7, 11) is -0.382. The van der Waals surface area contributed by atoms with Gasteiger partial charge >= 0.3 is 0 Å². The van der Waals surface area contributed by atoms with E-state index in [1.165, 1.54) is 31.4 Å². The van der Waals surface area contributed by atoms with Crippen LogP contribution < -0.4 is 9.46 Å². The van der Waals surface area contributed by atoms with Crippen LogP contribution in [0.1, 0.15) is 5.56 Å². The van der Waals surface area contributed by atoms with E-state index >= 15 is 0 Å². The van der Waals surface area contributed by atoms with Crippen molar-refractivity contribution >= 4 is 15.9 Å². The first-order valence-corrected chi connectivity index (χ1v) is 9.90. The molecule has 0 aliphatic rings. The van der Waals surface area contributed by atoms with Crippen LogP contribution >= 0.6 is 0 Å². The number of amides is 1. The van der Waals surface area contributed by atoms with Gasteiger partial charge in [-0.1, -0.05) is 30.3 Å². The van der Waals surface area contributed by atoms with Crippen molar-refractivity contribution in [3.8, 4) is 5.75 Å². The minimum atomic E-state index is -3.59. The van der Waals surface area contributed by atoms with Crippen LogP contribution in [-0.2, 0) is 26.1 Å². The average molecular weight is 392 g/mol. The Morgan fingerprint density at radius 1 is 1.07 bits per heavy atom. The highest BCUT2D eigenvalue weighted by molar-refractivity contribution is 7.89. The van der Waals surface area contributed by atoms with Crippen LogP contribution in [0, 0.1) is 0 Å². The van der Waals surface area contributed by atoms with Crippen molar-refractivity contribution in [1.29, 1.82) is 0 Å². The van der Waals surface area contributed by atoms with E-state index in [-0.39, 0.29) is 24.0 Å². The van der Waals surface area contributed by atoms with Gasteiger partial charge < -0.3 is 14.4 Å². The molecule has 0 spiro atoms. The molecule has 1 N–H and O–H groups in total. The van der Waals surface area contributed by atoms with Gasteiger partial charge in [0.2, 0.25) is 10.0 Å². The Labute approximate surface area is 160 Å². The number of methoxy groups -OCH3 is 1. The van der Waals surface area contributed by atoms with E-state index in [1.54, 1.807) is 11.9 Å². The van der Waals surface area contributed by atoms with Crippen LogP contribution in [0.2, 0.25) is 0 Å². The monoisotopic (exact) mass is 392 g/mol. The molecule has 0 aliphatic carbocycles. The number of hydrogen-bond donors (Lipinski definition) is 1. The molecule has 2 rings (SSSR count). The summed E-state index contributed by atoms with van der Waals surface area (Å²) in [4.78, 5) is 13.9. The normalized spacial score (nSPS) is 11.2. The molecule has 0 aliphatic heterocycles. The summed E-state index contributed by atoms with van der Waals surface area (Å²) in [6.07, 6.45) is 0. The molecule has 0 heterocycles. The predicted molar refractivity (Wildman–Crippen MR) is 102 cm³/mol. The van der Waals surface area contributed by atoms with Crippen molar-refractivity contribution in [3.05, 3.63) is 60.2 Å². The second kappa shape index (κ2) is 10.1. The number of sulfonamides is 1. The zero-order valence-corrected chi connectivity index (χ0v) is 16.2. The van der Waals surface area contributed by atoms with Gasteiger partial charge in [0.25, 0.3) is 5.91 Å².